The number of hydrogen-bond donors (Lipinski definition) is 2. The molecule has 2 aromatic heterocycles. The maximum absolute atomic E-state index is 5.80. The Morgan fingerprint density at radius 1 is 1.03 bits per heavy atom. The molecule has 5 nitrogen and oxygen atoms in total. The number of benzene rings is 2. The van der Waals surface area contributed by atoms with E-state index in [4.69, 9.17) is 4.42 Å². The van der Waals surface area contributed by atoms with Crippen LogP contribution in [0.1, 0.15) is 30.0 Å². The van der Waals surface area contributed by atoms with Gasteiger partial charge in [-0.15, -0.1) is 0 Å². The van der Waals surface area contributed by atoms with Crippen molar-refractivity contribution in [3.63, 3.8) is 0 Å². The Labute approximate surface area is 170 Å². The summed E-state index contributed by atoms with van der Waals surface area (Å²) < 4.78 is 5.80. The highest BCUT2D eigenvalue weighted by atomic mass is 16.3. The third kappa shape index (κ3) is 3.79. The lowest BCUT2D eigenvalue weighted by Gasteiger charge is -2.34. The zero-order chi connectivity index (χ0) is 19.5. The second-order valence-electron chi connectivity index (χ2n) is 7.57. The summed E-state index contributed by atoms with van der Waals surface area (Å²) in [6.45, 7) is 1.81. The number of nitrogens with one attached hydrogen (secondary N) is 2. The van der Waals surface area contributed by atoms with Crippen LogP contribution in [0.2, 0.25) is 0 Å². The molecule has 1 aliphatic heterocycles. The van der Waals surface area contributed by atoms with Crippen molar-refractivity contribution in [2.45, 2.75) is 31.5 Å². The number of nitrogens with zero attached hydrogens (tertiary/aromatic N) is 2. The highest BCUT2D eigenvalue weighted by Gasteiger charge is 2.25. The predicted octanol–water partition coefficient (Wildman–Crippen LogP) is 4.47. The number of piperidine rings is 1. The average molecular weight is 384 g/mol. The molecule has 4 aromatic rings. The van der Waals surface area contributed by atoms with Gasteiger partial charge in [0.15, 0.2) is 0 Å². The van der Waals surface area contributed by atoms with Gasteiger partial charge in [0.1, 0.15) is 11.9 Å². The molecule has 1 saturated heterocycles. The SMILES string of the molecule is c1ccc([C@H]2NCCC[C@H]2NCc2cc(-c3cncnc3)cc3ccoc23)cc1. The van der Waals surface area contributed by atoms with Gasteiger partial charge in [0.2, 0.25) is 0 Å². The van der Waals surface area contributed by atoms with E-state index in [0.29, 0.717) is 12.1 Å². The second kappa shape index (κ2) is 8.15. The molecule has 2 atom stereocenters. The van der Waals surface area contributed by atoms with Crippen LogP contribution < -0.4 is 10.6 Å². The van der Waals surface area contributed by atoms with Crippen LogP contribution in [0.25, 0.3) is 22.1 Å². The molecule has 3 heterocycles. The van der Waals surface area contributed by atoms with Crippen LogP contribution in [-0.2, 0) is 6.54 Å². The smallest absolute Gasteiger partial charge is 0.138 e. The Hall–Kier alpha value is -3.02. The summed E-state index contributed by atoms with van der Waals surface area (Å²) in [4.78, 5) is 8.33. The Bertz CT molecular complexity index is 1080. The van der Waals surface area contributed by atoms with Crippen LogP contribution in [0.5, 0.6) is 0 Å². The Kier molecular flexibility index (Phi) is 5.07. The molecule has 0 radical (unpaired) electrons. The summed E-state index contributed by atoms with van der Waals surface area (Å²) in [5.41, 5.74) is 5.56. The number of aromatic nitrogens is 2. The van der Waals surface area contributed by atoms with E-state index in [-0.39, 0.29) is 0 Å². The van der Waals surface area contributed by atoms with Crippen LogP contribution in [0, 0.1) is 0 Å². The molecule has 1 aliphatic rings. The summed E-state index contributed by atoms with van der Waals surface area (Å²) >= 11 is 0. The molecule has 0 bridgehead atoms. The van der Waals surface area contributed by atoms with Crippen molar-refractivity contribution in [1.82, 2.24) is 20.6 Å². The largest absolute Gasteiger partial charge is 0.464 e. The van der Waals surface area contributed by atoms with E-state index in [1.54, 1.807) is 12.6 Å². The molecule has 0 spiro atoms. The van der Waals surface area contributed by atoms with Gasteiger partial charge in [-0.3, -0.25) is 0 Å². The van der Waals surface area contributed by atoms with Gasteiger partial charge >= 0.3 is 0 Å². The van der Waals surface area contributed by atoms with E-state index in [1.807, 2.05) is 18.5 Å². The van der Waals surface area contributed by atoms with Crippen molar-refractivity contribution >= 4 is 11.0 Å². The summed E-state index contributed by atoms with van der Waals surface area (Å²) in [5, 5.41) is 8.58. The standard InChI is InChI=1S/C24H24N4O/c1-2-5-17(6-3-1)23-22(7-4-9-27-23)28-15-20-12-19(21-13-25-16-26-14-21)11-18-8-10-29-24(18)20/h1-3,5-6,8,10-14,16,22-23,27-28H,4,7,9,15H2/t22-,23-/m1/s1. The van der Waals surface area contributed by atoms with Crippen LogP contribution in [0.4, 0.5) is 0 Å². The van der Waals surface area contributed by atoms with Gasteiger partial charge in [-0.1, -0.05) is 30.3 Å². The lowest BCUT2D eigenvalue weighted by Crippen LogP contribution is -2.45. The van der Waals surface area contributed by atoms with Gasteiger partial charge in [-0.25, -0.2) is 9.97 Å². The Morgan fingerprint density at radius 3 is 2.76 bits per heavy atom. The molecule has 0 aliphatic carbocycles. The number of fused-ring (bicyclic) bond motifs is 1. The number of rotatable bonds is 5. The lowest BCUT2D eigenvalue weighted by molar-refractivity contribution is 0.304. The highest BCUT2D eigenvalue weighted by Crippen LogP contribution is 2.29. The highest BCUT2D eigenvalue weighted by molar-refractivity contribution is 5.86. The number of furan rings is 1. The van der Waals surface area contributed by atoms with Gasteiger partial charge in [0.25, 0.3) is 0 Å². The first-order chi connectivity index (χ1) is 14.4. The van der Waals surface area contributed by atoms with E-state index >= 15 is 0 Å². The molecule has 146 valence electrons. The van der Waals surface area contributed by atoms with Gasteiger partial charge in [0, 0.05) is 47.5 Å². The molecule has 0 unspecified atom stereocenters. The fourth-order valence-corrected chi connectivity index (χ4v) is 4.26. The van der Waals surface area contributed by atoms with Crippen molar-refractivity contribution in [1.29, 1.82) is 0 Å². The minimum absolute atomic E-state index is 0.322. The van der Waals surface area contributed by atoms with E-state index in [2.05, 4.69) is 63.1 Å². The predicted molar refractivity (Wildman–Crippen MR) is 114 cm³/mol. The van der Waals surface area contributed by atoms with Gasteiger partial charge in [-0.05, 0) is 48.7 Å². The molecule has 29 heavy (non-hydrogen) atoms. The van der Waals surface area contributed by atoms with Crippen LogP contribution in [0.15, 0.2) is 77.9 Å². The van der Waals surface area contributed by atoms with Crippen LogP contribution >= 0.6 is 0 Å². The van der Waals surface area contributed by atoms with E-state index in [0.717, 1.165) is 47.2 Å². The normalized spacial score (nSPS) is 19.4. The first kappa shape index (κ1) is 18.0. The number of hydrogen-bond acceptors (Lipinski definition) is 5. The summed E-state index contributed by atoms with van der Waals surface area (Å²) in [6, 6.07) is 17.7. The second-order valence-corrected chi connectivity index (χ2v) is 7.57. The molecular formula is C24H24N4O. The monoisotopic (exact) mass is 384 g/mol. The molecule has 0 saturated carbocycles. The topological polar surface area (TPSA) is 63.0 Å². The quantitative estimate of drug-likeness (QED) is 0.531. The average Bonchev–Trinajstić information content (AvgIpc) is 3.28. The van der Waals surface area contributed by atoms with Crippen molar-refractivity contribution in [2.75, 3.05) is 6.54 Å². The van der Waals surface area contributed by atoms with Crippen molar-refractivity contribution in [3.8, 4) is 11.1 Å². The molecular weight excluding hydrogens is 360 g/mol. The van der Waals surface area contributed by atoms with Gasteiger partial charge < -0.3 is 15.1 Å². The van der Waals surface area contributed by atoms with E-state index in [9.17, 15) is 0 Å². The first-order valence-electron chi connectivity index (χ1n) is 10.2. The van der Waals surface area contributed by atoms with Crippen molar-refractivity contribution < 1.29 is 4.42 Å². The molecule has 1 fully saturated rings. The zero-order valence-corrected chi connectivity index (χ0v) is 16.2. The minimum atomic E-state index is 0.322. The van der Waals surface area contributed by atoms with Crippen molar-refractivity contribution in [3.05, 3.63) is 84.6 Å². The fourth-order valence-electron chi connectivity index (χ4n) is 4.26. The fraction of sp³-hybridized carbons (Fsp3) is 0.250. The van der Waals surface area contributed by atoms with E-state index < -0.39 is 0 Å². The minimum Gasteiger partial charge on any atom is -0.464 e. The maximum Gasteiger partial charge on any atom is 0.138 e. The third-order valence-corrected chi connectivity index (χ3v) is 5.69. The Morgan fingerprint density at radius 2 is 1.90 bits per heavy atom. The van der Waals surface area contributed by atoms with Crippen molar-refractivity contribution in [2.24, 2.45) is 0 Å². The lowest BCUT2D eigenvalue weighted by atomic mass is 9.92. The molecule has 0 amide bonds. The maximum atomic E-state index is 5.80. The molecule has 5 rings (SSSR count). The van der Waals surface area contributed by atoms with Crippen LogP contribution in [-0.4, -0.2) is 22.6 Å². The molecule has 2 N–H and O–H groups in total. The first-order valence-corrected chi connectivity index (χ1v) is 10.2. The molecule has 5 heteroatoms. The zero-order valence-electron chi connectivity index (χ0n) is 16.2. The summed E-state index contributed by atoms with van der Waals surface area (Å²) in [7, 11) is 0. The van der Waals surface area contributed by atoms with Gasteiger partial charge in [0.05, 0.1) is 6.26 Å². The summed E-state index contributed by atoms with van der Waals surface area (Å²) in [5.74, 6) is 0. The van der Waals surface area contributed by atoms with E-state index in [1.165, 1.54) is 12.0 Å². The van der Waals surface area contributed by atoms with Gasteiger partial charge in [-0.2, -0.15) is 0 Å². The Balaban J connectivity index is 1.42. The molecule has 2 aromatic carbocycles. The summed E-state index contributed by atoms with van der Waals surface area (Å²) in [6.07, 6.45) is 9.35. The van der Waals surface area contributed by atoms with Crippen LogP contribution in [0.3, 0.4) is 0 Å². The third-order valence-electron chi connectivity index (χ3n) is 5.69.